The predicted molar refractivity (Wildman–Crippen MR) is 48.6 cm³/mol. The molecular weight excluding hydrogens is 217 g/mol. The minimum absolute atomic E-state index is 0.913. The third-order valence-corrected chi connectivity index (χ3v) is 1.83. The van der Waals surface area contributed by atoms with Crippen molar-refractivity contribution < 1.29 is 0 Å². The quantitative estimate of drug-likeness (QED) is 0.676. The van der Waals surface area contributed by atoms with Gasteiger partial charge in [0.15, 0.2) is 0 Å². The van der Waals surface area contributed by atoms with Crippen LogP contribution in [0.15, 0.2) is 29.2 Å². The predicted octanol–water partition coefficient (Wildman–Crippen LogP) is 1.03. The Kier molecular flexibility index (Phi) is 1.94. The number of rotatable bonds is 1. The zero-order valence-electron chi connectivity index (χ0n) is 6.21. The average Bonchev–Trinajstić information content (AvgIpc) is 2.50. The Morgan fingerprint density at radius 3 is 3.00 bits per heavy atom. The summed E-state index contributed by atoms with van der Waals surface area (Å²) in [6.07, 6.45) is 1.83. The van der Waals surface area contributed by atoms with E-state index in [1.807, 2.05) is 30.5 Å². The van der Waals surface area contributed by atoms with E-state index in [0.717, 1.165) is 11.0 Å². The SMILES string of the molecule is [Se]/C=C/n1nnc2ccccc21. The molecule has 0 atom stereocenters. The van der Waals surface area contributed by atoms with E-state index in [2.05, 4.69) is 26.3 Å². The Morgan fingerprint density at radius 2 is 2.17 bits per heavy atom. The summed E-state index contributed by atoms with van der Waals surface area (Å²) in [6.45, 7) is 0. The van der Waals surface area contributed by atoms with E-state index in [4.69, 9.17) is 0 Å². The molecule has 0 spiro atoms. The molecule has 12 heavy (non-hydrogen) atoms. The molecule has 3 nitrogen and oxygen atoms in total. The second-order valence-electron chi connectivity index (χ2n) is 2.31. The van der Waals surface area contributed by atoms with Crippen LogP contribution in [0.25, 0.3) is 17.2 Å². The monoisotopic (exact) mass is 224 g/mol. The molecule has 0 amide bonds. The van der Waals surface area contributed by atoms with E-state index in [1.165, 1.54) is 0 Å². The normalized spacial score (nSPS) is 11.3. The van der Waals surface area contributed by atoms with Gasteiger partial charge in [-0.25, -0.2) is 0 Å². The standard InChI is InChI=1S/C8H6N3Se/c12-6-5-11-8-4-2-1-3-7(8)9-10-11/h1-6H/b6-5+. The molecule has 0 saturated heterocycles. The van der Waals surface area contributed by atoms with Crippen LogP contribution in [0.2, 0.25) is 0 Å². The van der Waals surface area contributed by atoms with Crippen molar-refractivity contribution in [2.45, 2.75) is 0 Å². The molecule has 0 unspecified atom stereocenters. The maximum atomic E-state index is 3.99. The van der Waals surface area contributed by atoms with Crippen LogP contribution in [0.5, 0.6) is 0 Å². The van der Waals surface area contributed by atoms with Gasteiger partial charge in [0.2, 0.25) is 0 Å². The number of para-hydroxylation sites is 1. The summed E-state index contributed by atoms with van der Waals surface area (Å²) in [7, 11) is 0. The molecule has 0 aliphatic carbocycles. The summed E-state index contributed by atoms with van der Waals surface area (Å²) in [5.41, 5.74) is 1.93. The minimum atomic E-state index is 0.913. The van der Waals surface area contributed by atoms with Crippen LogP contribution in [0.4, 0.5) is 0 Å². The van der Waals surface area contributed by atoms with Gasteiger partial charge in [0.25, 0.3) is 0 Å². The molecule has 0 bridgehead atoms. The molecule has 1 heterocycles. The van der Waals surface area contributed by atoms with Crippen molar-refractivity contribution in [3.63, 3.8) is 0 Å². The Bertz CT molecular complexity index is 419. The van der Waals surface area contributed by atoms with Crippen molar-refractivity contribution in [3.8, 4) is 0 Å². The van der Waals surface area contributed by atoms with Gasteiger partial charge in [-0.15, -0.1) is 0 Å². The van der Waals surface area contributed by atoms with Crippen molar-refractivity contribution in [1.82, 2.24) is 15.0 Å². The van der Waals surface area contributed by atoms with Crippen molar-refractivity contribution in [3.05, 3.63) is 29.2 Å². The van der Waals surface area contributed by atoms with E-state index in [9.17, 15) is 0 Å². The van der Waals surface area contributed by atoms with Gasteiger partial charge in [-0.2, -0.15) is 0 Å². The zero-order chi connectivity index (χ0) is 8.39. The summed E-state index contributed by atoms with van der Waals surface area (Å²) >= 11 is 2.78. The molecule has 0 N–H and O–H groups in total. The molecule has 0 aliphatic heterocycles. The van der Waals surface area contributed by atoms with Gasteiger partial charge < -0.3 is 0 Å². The molecule has 1 aromatic heterocycles. The Hall–Kier alpha value is -1.12. The fourth-order valence-electron chi connectivity index (χ4n) is 1.05. The average molecular weight is 223 g/mol. The molecule has 0 aliphatic rings. The number of hydrogen-bond donors (Lipinski definition) is 0. The molecular formula is C8H6N3Se. The summed E-state index contributed by atoms with van der Waals surface area (Å²) in [4.78, 5) is 1.81. The fraction of sp³-hybridized carbons (Fsp3) is 0. The Balaban J connectivity index is 2.70. The number of hydrogen-bond acceptors (Lipinski definition) is 2. The maximum absolute atomic E-state index is 3.99. The molecule has 59 valence electrons. The summed E-state index contributed by atoms with van der Waals surface area (Å²) in [5.74, 6) is 0. The molecule has 0 saturated carbocycles. The van der Waals surface area contributed by atoms with E-state index in [-0.39, 0.29) is 0 Å². The first-order valence-corrected chi connectivity index (χ1v) is 4.49. The van der Waals surface area contributed by atoms with Crippen LogP contribution in [0, 0.1) is 0 Å². The van der Waals surface area contributed by atoms with Crippen molar-refractivity contribution in [2.24, 2.45) is 0 Å². The number of fused-ring (bicyclic) bond motifs is 1. The van der Waals surface area contributed by atoms with Crippen LogP contribution < -0.4 is 0 Å². The summed E-state index contributed by atoms with van der Waals surface area (Å²) < 4.78 is 1.73. The fourth-order valence-corrected chi connectivity index (χ4v) is 1.30. The van der Waals surface area contributed by atoms with Crippen molar-refractivity contribution >= 4 is 33.2 Å². The summed E-state index contributed by atoms with van der Waals surface area (Å²) in [5, 5.41) is 7.93. The zero-order valence-corrected chi connectivity index (χ0v) is 7.93. The Labute approximate surface area is 77.9 Å². The van der Waals surface area contributed by atoms with Gasteiger partial charge in [-0.1, -0.05) is 0 Å². The van der Waals surface area contributed by atoms with Gasteiger partial charge >= 0.3 is 77.5 Å². The molecule has 2 rings (SSSR count). The third-order valence-electron chi connectivity index (χ3n) is 1.58. The van der Waals surface area contributed by atoms with Gasteiger partial charge in [-0.05, 0) is 0 Å². The number of nitrogens with zero attached hydrogens (tertiary/aromatic N) is 3. The first-order valence-electron chi connectivity index (χ1n) is 3.50. The molecule has 0 fully saturated rings. The van der Waals surface area contributed by atoms with E-state index in [0.29, 0.717) is 0 Å². The first-order chi connectivity index (χ1) is 5.92. The van der Waals surface area contributed by atoms with E-state index in [1.54, 1.807) is 9.66 Å². The van der Waals surface area contributed by atoms with Crippen molar-refractivity contribution in [1.29, 1.82) is 0 Å². The van der Waals surface area contributed by atoms with Crippen LogP contribution in [0.1, 0.15) is 0 Å². The van der Waals surface area contributed by atoms with Gasteiger partial charge in [0, 0.05) is 0 Å². The molecule has 4 heteroatoms. The topological polar surface area (TPSA) is 30.7 Å². The number of benzene rings is 1. The van der Waals surface area contributed by atoms with Crippen LogP contribution in [-0.2, 0) is 0 Å². The second kappa shape index (κ2) is 3.09. The number of aromatic nitrogens is 3. The van der Waals surface area contributed by atoms with Crippen LogP contribution in [0.3, 0.4) is 0 Å². The second-order valence-corrected chi connectivity index (χ2v) is 2.88. The molecule has 1 radical (unpaired) electrons. The van der Waals surface area contributed by atoms with Gasteiger partial charge in [0.1, 0.15) is 0 Å². The van der Waals surface area contributed by atoms with Gasteiger partial charge in [0.05, 0.1) is 0 Å². The van der Waals surface area contributed by atoms with Crippen molar-refractivity contribution in [2.75, 3.05) is 0 Å². The Morgan fingerprint density at radius 1 is 1.33 bits per heavy atom. The van der Waals surface area contributed by atoms with Gasteiger partial charge in [-0.3, -0.25) is 0 Å². The van der Waals surface area contributed by atoms with E-state index >= 15 is 0 Å². The first kappa shape index (κ1) is 7.52. The molecule has 1 aromatic carbocycles. The molecule has 2 aromatic rings. The van der Waals surface area contributed by atoms with Crippen LogP contribution in [-0.4, -0.2) is 31.0 Å². The third kappa shape index (κ3) is 1.15. The van der Waals surface area contributed by atoms with E-state index < -0.39 is 0 Å². The van der Waals surface area contributed by atoms with Crippen LogP contribution >= 0.6 is 0 Å². The summed E-state index contributed by atoms with van der Waals surface area (Å²) in [6, 6.07) is 7.83.